The Bertz CT molecular complexity index is 354. The van der Waals surface area contributed by atoms with Gasteiger partial charge in [-0.3, -0.25) is 20.2 Å². The highest BCUT2D eigenvalue weighted by Gasteiger charge is 2.20. The zero-order valence-corrected chi connectivity index (χ0v) is 11.8. The number of imide groups is 1. The number of hydrogen-bond acceptors (Lipinski definition) is 4. The van der Waals surface area contributed by atoms with E-state index in [4.69, 9.17) is 5.11 Å². The lowest BCUT2D eigenvalue weighted by Crippen LogP contribution is -2.48. The highest BCUT2D eigenvalue weighted by atomic mass is 16.4. The standard InChI is InChI=1S/C13H23N3O4/c1-2-5-10(12(18)19)14-8-11(17)16-13(20)15-9-6-3-4-7-9/h9-10,14H,2-8H2,1H3,(H,18,19)(H2,15,16,17,20). The molecule has 0 saturated heterocycles. The van der Waals surface area contributed by atoms with E-state index in [0.29, 0.717) is 12.8 Å². The first-order chi connectivity index (χ1) is 9.52. The maximum Gasteiger partial charge on any atom is 0.321 e. The lowest BCUT2D eigenvalue weighted by molar-refractivity contribution is -0.139. The number of rotatable bonds is 7. The molecule has 1 saturated carbocycles. The number of carboxylic acid groups (broad SMARTS) is 1. The van der Waals surface area contributed by atoms with E-state index in [-0.39, 0.29) is 12.6 Å². The van der Waals surface area contributed by atoms with E-state index in [1.165, 1.54) is 0 Å². The Balaban J connectivity index is 2.24. The van der Waals surface area contributed by atoms with Gasteiger partial charge in [0.25, 0.3) is 0 Å². The molecule has 0 aliphatic heterocycles. The second kappa shape index (κ2) is 8.52. The number of carboxylic acids is 1. The number of nitrogens with one attached hydrogen (secondary N) is 3. The fraction of sp³-hybridized carbons (Fsp3) is 0.769. The van der Waals surface area contributed by atoms with Crippen molar-refractivity contribution in [3.63, 3.8) is 0 Å². The Hall–Kier alpha value is -1.63. The average molecular weight is 285 g/mol. The topological polar surface area (TPSA) is 108 Å². The van der Waals surface area contributed by atoms with Crippen LogP contribution in [0.3, 0.4) is 0 Å². The summed E-state index contributed by atoms with van der Waals surface area (Å²) in [5, 5.41) is 16.5. The van der Waals surface area contributed by atoms with Crippen molar-refractivity contribution in [1.29, 1.82) is 0 Å². The quantitative estimate of drug-likeness (QED) is 0.548. The summed E-state index contributed by atoms with van der Waals surface area (Å²) >= 11 is 0. The number of carbonyl (C=O) groups excluding carboxylic acids is 2. The normalized spacial score (nSPS) is 16.6. The van der Waals surface area contributed by atoms with Crippen molar-refractivity contribution in [3.05, 3.63) is 0 Å². The second-order valence-corrected chi connectivity index (χ2v) is 5.06. The van der Waals surface area contributed by atoms with Gasteiger partial charge in [0.1, 0.15) is 6.04 Å². The van der Waals surface area contributed by atoms with E-state index in [9.17, 15) is 14.4 Å². The van der Waals surface area contributed by atoms with Crippen LogP contribution in [0.5, 0.6) is 0 Å². The monoisotopic (exact) mass is 285 g/mol. The minimum Gasteiger partial charge on any atom is -0.480 e. The van der Waals surface area contributed by atoms with Crippen LogP contribution in [0, 0.1) is 0 Å². The molecule has 0 spiro atoms. The van der Waals surface area contributed by atoms with Gasteiger partial charge in [-0.05, 0) is 19.3 Å². The van der Waals surface area contributed by atoms with Crippen molar-refractivity contribution in [2.24, 2.45) is 0 Å². The third-order valence-corrected chi connectivity index (χ3v) is 3.33. The Morgan fingerprint density at radius 2 is 1.90 bits per heavy atom. The first-order valence-corrected chi connectivity index (χ1v) is 7.09. The number of hydrogen-bond donors (Lipinski definition) is 4. The molecule has 1 fully saturated rings. The number of carbonyl (C=O) groups is 3. The molecule has 0 radical (unpaired) electrons. The summed E-state index contributed by atoms with van der Waals surface area (Å²) in [6.45, 7) is 1.68. The van der Waals surface area contributed by atoms with Gasteiger partial charge in [0.15, 0.2) is 0 Å². The van der Waals surface area contributed by atoms with Crippen LogP contribution in [0.15, 0.2) is 0 Å². The number of urea groups is 1. The summed E-state index contributed by atoms with van der Waals surface area (Å²) < 4.78 is 0. The lowest BCUT2D eigenvalue weighted by Gasteiger charge is -2.14. The fourth-order valence-electron chi connectivity index (χ4n) is 2.28. The summed E-state index contributed by atoms with van der Waals surface area (Å²) in [7, 11) is 0. The summed E-state index contributed by atoms with van der Waals surface area (Å²) in [5.41, 5.74) is 0. The van der Waals surface area contributed by atoms with Crippen molar-refractivity contribution < 1.29 is 19.5 Å². The van der Waals surface area contributed by atoms with Gasteiger partial charge < -0.3 is 10.4 Å². The largest absolute Gasteiger partial charge is 0.480 e. The molecule has 0 aromatic rings. The van der Waals surface area contributed by atoms with Crippen molar-refractivity contribution in [2.75, 3.05) is 6.54 Å². The van der Waals surface area contributed by atoms with Crippen LogP contribution in [0.1, 0.15) is 45.4 Å². The smallest absolute Gasteiger partial charge is 0.321 e. The van der Waals surface area contributed by atoms with Gasteiger partial charge >= 0.3 is 12.0 Å². The molecule has 20 heavy (non-hydrogen) atoms. The van der Waals surface area contributed by atoms with Gasteiger partial charge in [-0.15, -0.1) is 0 Å². The highest BCUT2D eigenvalue weighted by Crippen LogP contribution is 2.17. The molecule has 1 atom stereocenters. The second-order valence-electron chi connectivity index (χ2n) is 5.06. The zero-order valence-electron chi connectivity index (χ0n) is 11.8. The molecule has 7 heteroatoms. The predicted molar refractivity (Wildman–Crippen MR) is 73.3 cm³/mol. The molecule has 0 aromatic carbocycles. The predicted octanol–water partition coefficient (Wildman–Crippen LogP) is 0.598. The van der Waals surface area contributed by atoms with Crippen LogP contribution in [0.2, 0.25) is 0 Å². The van der Waals surface area contributed by atoms with Crippen molar-refractivity contribution in [2.45, 2.75) is 57.5 Å². The van der Waals surface area contributed by atoms with E-state index < -0.39 is 23.9 Å². The lowest BCUT2D eigenvalue weighted by atomic mass is 10.2. The van der Waals surface area contributed by atoms with Gasteiger partial charge in [-0.2, -0.15) is 0 Å². The fourth-order valence-corrected chi connectivity index (χ4v) is 2.28. The minimum atomic E-state index is -0.991. The third-order valence-electron chi connectivity index (χ3n) is 3.33. The van der Waals surface area contributed by atoms with E-state index in [2.05, 4.69) is 16.0 Å². The maximum absolute atomic E-state index is 11.5. The minimum absolute atomic E-state index is 0.141. The van der Waals surface area contributed by atoms with Crippen LogP contribution in [-0.4, -0.2) is 41.6 Å². The number of aliphatic carboxylic acids is 1. The number of amides is 3. The average Bonchev–Trinajstić information content (AvgIpc) is 2.86. The molecule has 0 heterocycles. The molecule has 1 unspecified atom stereocenters. The molecule has 0 aromatic heterocycles. The van der Waals surface area contributed by atoms with Crippen LogP contribution >= 0.6 is 0 Å². The summed E-state index contributed by atoms with van der Waals surface area (Å²) in [6.07, 6.45) is 5.22. The van der Waals surface area contributed by atoms with E-state index in [1.54, 1.807) is 0 Å². The first kappa shape index (κ1) is 16.4. The Kier molecular flexibility index (Phi) is 7.00. The Labute approximate surface area is 118 Å². The van der Waals surface area contributed by atoms with Crippen molar-refractivity contribution in [3.8, 4) is 0 Å². The maximum atomic E-state index is 11.5. The van der Waals surface area contributed by atoms with E-state index >= 15 is 0 Å². The zero-order chi connectivity index (χ0) is 15.0. The van der Waals surface area contributed by atoms with Gasteiger partial charge in [-0.1, -0.05) is 26.2 Å². The van der Waals surface area contributed by atoms with Gasteiger partial charge in [0.2, 0.25) is 5.91 Å². The molecule has 1 aliphatic carbocycles. The summed E-state index contributed by atoms with van der Waals surface area (Å²) in [4.78, 5) is 33.9. The third kappa shape index (κ3) is 6.01. The molecule has 114 valence electrons. The first-order valence-electron chi connectivity index (χ1n) is 7.09. The van der Waals surface area contributed by atoms with Gasteiger partial charge in [0.05, 0.1) is 6.54 Å². The van der Waals surface area contributed by atoms with Crippen LogP contribution in [-0.2, 0) is 9.59 Å². The van der Waals surface area contributed by atoms with Crippen LogP contribution in [0.25, 0.3) is 0 Å². The summed E-state index contributed by atoms with van der Waals surface area (Å²) in [5.74, 6) is -1.52. The molecule has 1 rings (SSSR count). The highest BCUT2D eigenvalue weighted by molar-refractivity contribution is 5.95. The summed E-state index contributed by atoms with van der Waals surface area (Å²) in [6, 6.07) is -1.13. The molecular formula is C13H23N3O4. The van der Waals surface area contributed by atoms with E-state index in [0.717, 1.165) is 25.7 Å². The molecule has 0 bridgehead atoms. The van der Waals surface area contributed by atoms with Crippen LogP contribution < -0.4 is 16.0 Å². The van der Waals surface area contributed by atoms with Crippen molar-refractivity contribution in [1.82, 2.24) is 16.0 Å². The molecular weight excluding hydrogens is 262 g/mol. The SMILES string of the molecule is CCCC(NCC(=O)NC(=O)NC1CCCC1)C(=O)O. The van der Waals surface area contributed by atoms with Gasteiger partial charge in [-0.25, -0.2) is 4.79 Å². The van der Waals surface area contributed by atoms with Gasteiger partial charge in [0, 0.05) is 6.04 Å². The Morgan fingerprint density at radius 1 is 1.25 bits per heavy atom. The molecule has 4 N–H and O–H groups in total. The van der Waals surface area contributed by atoms with Crippen molar-refractivity contribution >= 4 is 17.9 Å². The van der Waals surface area contributed by atoms with E-state index in [1.807, 2.05) is 6.92 Å². The molecule has 7 nitrogen and oxygen atoms in total. The Morgan fingerprint density at radius 3 is 2.45 bits per heavy atom. The molecule has 3 amide bonds. The molecule has 1 aliphatic rings. The van der Waals surface area contributed by atoms with Crippen LogP contribution in [0.4, 0.5) is 4.79 Å².